The molecule has 0 amide bonds. The highest BCUT2D eigenvalue weighted by atomic mass is 79.9. The van der Waals surface area contributed by atoms with E-state index in [1.807, 2.05) is 0 Å². The van der Waals surface area contributed by atoms with Gasteiger partial charge in [-0.2, -0.15) is 0 Å². The quantitative estimate of drug-likeness (QED) is 0.740. The first kappa shape index (κ1) is 8.50. The summed E-state index contributed by atoms with van der Waals surface area (Å²) in [7, 11) is 0. The predicted molar refractivity (Wildman–Crippen MR) is 61.4 cm³/mol. The summed E-state index contributed by atoms with van der Waals surface area (Å²) in [5.74, 6) is 0. The first-order chi connectivity index (χ1) is 6.86. The van der Waals surface area contributed by atoms with Crippen LogP contribution in [0.2, 0.25) is 0 Å². The highest BCUT2D eigenvalue weighted by molar-refractivity contribution is 9.10. The van der Waals surface area contributed by atoms with Crippen molar-refractivity contribution in [2.24, 2.45) is 0 Å². The van der Waals surface area contributed by atoms with Gasteiger partial charge in [0.05, 0.1) is 0 Å². The molecule has 1 aliphatic heterocycles. The molecular formula is C11H11BrN2. The number of hydrogen-bond donors (Lipinski definition) is 2. The van der Waals surface area contributed by atoms with Crippen LogP contribution in [0.5, 0.6) is 0 Å². The van der Waals surface area contributed by atoms with Crippen LogP contribution in [0, 0.1) is 0 Å². The fourth-order valence-electron chi connectivity index (χ4n) is 2.15. The molecule has 0 fully saturated rings. The van der Waals surface area contributed by atoms with Crippen LogP contribution in [0.15, 0.2) is 22.8 Å². The van der Waals surface area contributed by atoms with Crippen molar-refractivity contribution in [3.63, 3.8) is 0 Å². The number of halogens is 1. The molecule has 2 aromatic rings. The molecule has 2 N–H and O–H groups in total. The van der Waals surface area contributed by atoms with E-state index in [9.17, 15) is 0 Å². The molecule has 2 heterocycles. The highest BCUT2D eigenvalue weighted by Crippen LogP contribution is 2.30. The number of nitrogens with one attached hydrogen (secondary N) is 2. The van der Waals surface area contributed by atoms with E-state index >= 15 is 0 Å². The zero-order valence-electron chi connectivity index (χ0n) is 7.73. The Labute approximate surface area is 90.8 Å². The number of H-pyrrole nitrogens is 1. The molecule has 3 heteroatoms. The first-order valence-electron chi connectivity index (χ1n) is 4.84. The molecule has 0 aliphatic carbocycles. The minimum Gasteiger partial charge on any atom is -0.361 e. The van der Waals surface area contributed by atoms with Gasteiger partial charge in [0.2, 0.25) is 0 Å². The molecule has 0 unspecified atom stereocenters. The lowest BCUT2D eigenvalue weighted by Crippen LogP contribution is -2.14. The molecule has 0 saturated carbocycles. The van der Waals surface area contributed by atoms with Gasteiger partial charge in [-0.05, 0) is 36.2 Å². The maximum absolute atomic E-state index is 3.61. The average molecular weight is 251 g/mol. The molecule has 0 saturated heterocycles. The second kappa shape index (κ2) is 3.11. The van der Waals surface area contributed by atoms with Crippen LogP contribution in [0.25, 0.3) is 10.9 Å². The zero-order chi connectivity index (χ0) is 9.54. The Hall–Kier alpha value is -0.800. The molecule has 0 spiro atoms. The Morgan fingerprint density at radius 1 is 1.29 bits per heavy atom. The van der Waals surface area contributed by atoms with E-state index in [0.717, 1.165) is 19.5 Å². The third kappa shape index (κ3) is 1.12. The number of aromatic nitrogens is 1. The van der Waals surface area contributed by atoms with E-state index in [2.05, 4.69) is 44.6 Å². The van der Waals surface area contributed by atoms with E-state index in [1.165, 1.54) is 26.5 Å². The Morgan fingerprint density at radius 3 is 3.14 bits per heavy atom. The normalized spacial score (nSPS) is 15.8. The van der Waals surface area contributed by atoms with Gasteiger partial charge in [-0.1, -0.05) is 15.9 Å². The van der Waals surface area contributed by atoms with Crippen molar-refractivity contribution in [1.82, 2.24) is 10.3 Å². The van der Waals surface area contributed by atoms with E-state index in [4.69, 9.17) is 0 Å². The van der Waals surface area contributed by atoms with E-state index in [-0.39, 0.29) is 0 Å². The summed E-state index contributed by atoms with van der Waals surface area (Å²) < 4.78 is 1.21. The predicted octanol–water partition coefficient (Wildman–Crippen LogP) is 2.58. The van der Waals surface area contributed by atoms with Crippen molar-refractivity contribution in [2.45, 2.75) is 13.0 Å². The van der Waals surface area contributed by atoms with Gasteiger partial charge in [-0.15, -0.1) is 0 Å². The molecule has 3 rings (SSSR count). The third-order valence-electron chi connectivity index (χ3n) is 2.85. The summed E-state index contributed by atoms with van der Waals surface area (Å²) in [6.07, 6.45) is 3.25. The van der Waals surface area contributed by atoms with Crippen molar-refractivity contribution in [3.05, 3.63) is 33.9 Å². The Morgan fingerprint density at radius 2 is 2.21 bits per heavy atom. The SMILES string of the molecule is Brc1ccc2[nH]cc3c2c1CNCC3. The molecule has 0 atom stereocenters. The minimum absolute atomic E-state index is 0.961. The monoisotopic (exact) mass is 250 g/mol. The van der Waals surface area contributed by atoms with Crippen LogP contribution in [0.3, 0.4) is 0 Å². The van der Waals surface area contributed by atoms with Gasteiger partial charge >= 0.3 is 0 Å². The fourth-order valence-corrected chi connectivity index (χ4v) is 2.62. The molecule has 0 bridgehead atoms. The lowest BCUT2D eigenvalue weighted by Gasteiger charge is -2.04. The summed E-state index contributed by atoms with van der Waals surface area (Å²) in [4.78, 5) is 3.33. The van der Waals surface area contributed by atoms with Crippen molar-refractivity contribution in [3.8, 4) is 0 Å². The van der Waals surface area contributed by atoms with Crippen molar-refractivity contribution >= 4 is 26.8 Å². The summed E-state index contributed by atoms with van der Waals surface area (Å²) >= 11 is 3.61. The zero-order valence-corrected chi connectivity index (χ0v) is 9.32. The molecule has 0 radical (unpaired) electrons. The molecule has 2 nitrogen and oxygen atoms in total. The van der Waals surface area contributed by atoms with E-state index in [0.29, 0.717) is 0 Å². The van der Waals surface area contributed by atoms with Gasteiger partial charge in [0.1, 0.15) is 0 Å². The average Bonchev–Trinajstić information content (AvgIpc) is 2.46. The smallest absolute Gasteiger partial charge is 0.0460 e. The second-order valence-electron chi connectivity index (χ2n) is 3.69. The van der Waals surface area contributed by atoms with Crippen LogP contribution in [-0.4, -0.2) is 11.5 Å². The Kier molecular flexibility index (Phi) is 1.89. The largest absolute Gasteiger partial charge is 0.361 e. The molecule has 14 heavy (non-hydrogen) atoms. The van der Waals surface area contributed by atoms with Crippen molar-refractivity contribution < 1.29 is 0 Å². The minimum atomic E-state index is 0.961. The van der Waals surface area contributed by atoms with Crippen molar-refractivity contribution in [1.29, 1.82) is 0 Å². The van der Waals surface area contributed by atoms with Crippen LogP contribution >= 0.6 is 15.9 Å². The van der Waals surface area contributed by atoms with Gasteiger partial charge < -0.3 is 10.3 Å². The van der Waals surface area contributed by atoms with Crippen LogP contribution in [0.1, 0.15) is 11.1 Å². The van der Waals surface area contributed by atoms with Gasteiger partial charge in [0.25, 0.3) is 0 Å². The molecule has 1 aliphatic rings. The lowest BCUT2D eigenvalue weighted by atomic mass is 10.1. The highest BCUT2D eigenvalue weighted by Gasteiger charge is 2.13. The number of aromatic amines is 1. The summed E-state index contributed by atoms with van der Waals surface area (Å²) in [5, 5.41) is 4.84. The number of rotatable bonds is 0. The maximum atomic E-state index is 3.61. The fraction of sp³-hybridized carbons (Fsp3) is 0.273. The molecule has 1 aromatic heterocycles. The van der Waals surface area contributed by atoms with Gasteiger partial charge in [-0.25, -0.2) is 0 Å². The third-order valence-corrected chi connectivity index (χ3v) is 3.59. The second-order valence-corrected chi connectivity index (χ2v) is 4.54. The molecule has 72 valence electrons. The topological polar surface area (TPSA) is 27.8 Å². The molecular weight excluding hydrogens is 240 g/mol. The van der Waals surface area contributed by atoms with E-state index in [1.54, 1.807) is 0 Å². The van der Waals surface area contributed by atoms with Gasteiger partial charge in [-0.3, -0.25) is 0 Å². The van der Waals surface area contributed by atoms with E-state index < -0.39 is 0 Å². The summed E-state index contributed by atoms with van der Waals surface area (Å²) in [6, 6.07) is 4.25. The standard InChI is InChI=1S/C11H11BrN2/c12-9-1-2-10-11-7(5-14-10)3-4-13-6-8(9)11/h1-2,5,13-14H,3-4,6H2. The van der Waals surface area contributed by atoms with Crippen molar-refractivity contribution in [2.75, 3.05) is 6.54 Å². The molecule has 1 aromatic carbocycles. The number of benzene rings is 1. The van der Waals surface area contributed by atoms with Gasteiger partial charge in [0.15, 0.2) is 0 Å². The number of hydrogen-bond acceptors (Lipinski definition) is 1. The first-order valence-corrected chi connectivity index (χ1v) is 5.63. The maximum Gasteiger partial charge on any atom is 0.0460 e. The van der Waals surface area contributed by atoms with Crippen LogP contribution in [-0.2, 0) is 13.0 Å². The van der Waals surface area contributed by atoms with Crippen LogP contribution < -0.4 is 5.32 Å². The Bertz CT molecular complexity index is 487. The lowest BCUT2D eigenvalue weighted by molar-refractivity contribution is 0.700. The summed E-state index contributed by atoms with van der Waals surface area (Å²) in [6.45, 7) is 2.02. The Balaban J connectivity index is 2.42. The van der Waals surface area contributed by atoms with Crippen LogP contribution in [0.4, 0.5) is 0 Å². The summed E-state index contributed by atoms with van der Waals surface area (Å²) in [5.41, 5.74) is 4.07. The van der Waals surface area contributed by atoms with Gasteiger partial charge in [0, 0.05) is 28.1 Å².